The lowest BCUT2D eigenvalue weighted by Crippen LogP contribution is -2.07. The van der Waals surface area contributed by atoms with Crippen molar-refractivity contribution in [3.8, 4) is 0 Å². The van der Waals surface area contributed by atoms with Gasteiger partial charge in [0.1, 0.15) is 4.88 Å². The summed E-state index contributed by atoms with van der Waals surface area (Å²) in [4.78, 5) is 26.2. The van der Waals surface area contributed by atoms with Crippen molar-refractivity contribution in [3.05, 3.63) is 15.6 Å². The average Bonchev–Trinajstić information content (AvgIpc) is 2.59. The summed E-state index contributed by atoms with van der Waals surface area (Å²) in [7, 11) is 1.26. The Kier molecular flexibility index (Phi) is 3.79. The average molecular weight is 229 g/mol. The number of carboxylic acid groups (broad SMARTS) is 1. The number of aromatic nitrogens is 1. The molecule has 0 saturated carbocycles. The maximum atomic E-state index is 11.3. The first kappa shape index (κ1) is 11.6. The molecule has 5 nitrogen and oxygen atoms in total. The second kappa shape index (κ2) is 4.88. The van der Waals surface area contributed by atoms with Crippen molar-refractivity contribution in [2.45, 2.75) is 19.8 Å². The topological polar surface area (TPSA) is 76.5 Å². The molecular formula is C9H11NO4S. The third-order valence-corrected chi connectivity index (χ3v) is 2.96. The van der Waals surface area contributed by atoms with Crippen molar-refractivity contribution in [1.82, 2.24) is 4.98 Å². The van der Waals surface area contributed by atoms with Gasteiger partial charge in [0.25, 0.3) is 0 Å². The first-order valence-corrected chi connectivity index (χ1v) is 5.18. The third kappa shape index (κ3) is 2.76. The number of thiazole rings is 1. The molecule has 0 aromatic carbocycles. The molecular weight excluding hydrogens is 218 g/mol. The molecule has 0 radical (unpaired) electrons. The van der Waals surface area contributed by atoms with Crippen molar-refractivity contribution >= 4 is 23.3 Å². The summed E-state index contributed by atoms with van der Waals surface area (Å²) in [5.41, 5.74) is 0.288. The zero-order valence-electron chi connectivity index (χ0n) is 8.44. The van der Waals surface area contributed by atoms with E-state index >= 15 is 0 Å². The number of hydrogen-bond acceptors (Lipinski definition) is 5. The van der Waals surface area contributed by atoms with Crippen LogP contribution in [0.5, 0.6) is 0 Å². The van der Waals surface area contributed by atoms with Crippen LogP contribution >= 0.6 is 11.3 Å². The van der Waals surface area contributed by atoms with Crippen LogP contribution in [0.15, 0.2) is 0 Å². The highest BCUT2D eigenvalue weighted by atomic mass is 32.1. The summed E-state index contributed by atoms with van der Waals surface area (Å²) in [5, 5.41) is 9.38. The molecule has 0 bridgehead atoms. The molecule has 1 heterocycles. The van der Waals surface area contributed by atoms with Gasteiger partial charge in [-0.1, -0.05) is 6.92 Å². The van der Waals surface area contributed by atoms with Crippen molar-refractivity contribution < 1.29 is 19.4 Å². The monoisotopic (exact) mass is 229 g/mol. The van der Waals surface area contributed by atoms with E-state index < -0.39 is 11.9 Å². The van der Waals surface area contributed by atoms with Crippen LogP contribution in [0.2, 0.25) is 0 Å². The number of carbonyl (C=O) groups excluding carboxylic acids is 1. The Bertz CT molecular complexity index is 385. The number of carboxylic acids is 1. The molecule has 0 aliphatic heterocycles. The van der Waals surface area contributed by atoms with Gasteiger partial charge in [0.15, 0.2) is 0 Å². The van der Waals surface area contributed by atoms with Gasteiger partial charge < -0.3 is 9.84 Å². The highest BCUT2D eigenvalue weighted by Crippen LogP contribution is 2.20. The van der Waals surface area contributed by atoms with E-state index in [4.69, 9.17) is 5.11 Å². The molecule has 0 saturated heterocycles. The van der Waals surface area contributed by atoms with Crippen LogP contribution in [-0.2, 0) is 22.4 Å². The summed E-state index contributed by atoms with van der Waals surface area (Å²) < 4.78 is 4.55. The number of hydrogen-bond donors (Lipinski definition) is 1. The lowest BCUT2D eigenvalue weighted by Gasteiger charge is -1.96. The fraction of sp³-hybridized carbons (Fsp3) is 0.444. The molecule has 15 heavy (non-hydrogen) atoms. The minimum atomic E-state index is -1.01. The fourth-order valence-corrected chi connectivity index (χ4v) is 2.01. The molecule has 0 aliphatic rings. The maximum Gasteiger partial charge on any atom is 0.350 e. The zero-order valence-corrected chi connectivity index (χ0v) is 9.26. The molecule has 82 valence electrons. The zero-order chi connectivity index (χ0) is 11.4. The Morgan fingerprint density at radius 3 is 2.67 bits per heavy atom. The van der Waals surface area contributed by atoms with Crippen LogP contribution in [0.1, 0.15) is 27.3 Å². The smallest absolute Gasteiger partial charge is 0.350 e. The van der Waals surface area contributed by atoms with E-state index in [0.717, 1.165) is 5.01 Å². The molecule has 1 aromatic heterocycles. The van der Waals surface area contributed by atoms with E-state index in [1.165, 1.54) is 18.4 Å². The van der Waals surface area contributed by atoms with Gasteiger partial charge >= 0.3 is 11.9 Å². The Labute approximate surface area is 90.7 Å². The van der Waals surface area contributed by atoms with Crippen LogP contribution in [0.25, 0.3) is 0 Å². The molecule has 0 spiro atoms. The molecule has 0 fully saturated rings. The van der Waals surface area contributed by atoms with E-state index in [1.807, 2.05) is 6.92 Å². The van der Waals surface area contributed by atoms with Gasteiger partial charge in [0, 0.05) is 0 Å². The molecule has 1 rings (SSSR count). The van der Waals surface area contributed by atoms with Crippen molar-refractivity contribution in [2.24, 2.45) is 0 Å². The number of ether oxygens (including phenoxy) is 1. The maximum absolute atomic E-state index is 11.3. The Morgan fingerprint density at radius 1 is 1.53 bits per heavy atom. The third-order valence-electron chi connectivity index (χ3n) is 1.73. The number of esters is 1. The molecule has 0 amide bonds. The number of rotatable bonds is 4. The van der Waals surface area contributed by atoms with Gasteiger partial charge in [-0.25, -0.2) is 9.78 Å². The summed E-state index contributed by atoms with van der Waals surface area (Å²) in [6.07, 6.45) is 0.426. The predicted molar refractivity (Wildman–Crippen MR) is 54.2 cm³/mol. The van der Waals surface area contributed by atoms with Crippen molar-refractivity contribution in [3.63, 3.8) is 0 Å². The standard InChI is InChI=1S/C9H11NO4S/c1-3-6-10-5(4-7(11)12)8(15-6)9(13)14-2/h3-4H2,1-2H3,(H,11,12). The van der Waals surface area contributed by atoms with Crippen molar-refractivity contribution in [2.75, 3.05) is 7.11 Å². The SMILES string of the molecule is CCc1nc(CC(=O)O)c(C(=O)OC)s1. The number of aliphatic carboxylic acids is 1. The molecule has 6 heteroatoms. The minimum absolute atomic E-state index is 0.249. The Morgan fingerprint density at radius 2 is 2.20 bits per heavy atom. The van der Waals surface area contributed by atoms with E-state index in [2.05, 4.69) is 9.72 Å². The number of carbonyl (C=O) groups is 2. The molecule has 0 atom stereocenters. The summed E-state index contributed by atoms with van der Waals surface area (Å²) in [5.74, 6) is -1.53. The molecule has 1 N–H and O–H groups in total. The van der Waals surface area contributed by atoms with Gasteiger partial charge in [-0.2, -0.15) is 0 Å². The van der Waals surface area contributed by atoms with E-state index in [0.29, 0.717) is 6.42 Å². The van der Waals surface area contributed by atoms with Gasteiger partial charge in [0.2, 0.25) is 0 Å². The summed E-state index contributed by atoms with van der Waals surface area (Å²) in [6, 6.07) is 0. The largest absolute Gasteiger partial charge is 0.481 e. The fourth-order valence-electron chi connectivity index (χ4n) is 1.07. The number of methoxy groups -OCH3 is 1. The van der Waals surface area contributed by atoms with Gasteiger partial charge in [-0.15, -0.1) is 11.3 Å². The van der Waals surface area contributed by atoms with Crippen LogP contribution in [0, 0.1) is 0 Å². The van der Waals surface area contributed by atoms with Gasteiger partial charge in [0.05, 0.1) is 24.2 Å². The van der Waals surface area contributed by atoms with Gasteiger partial charge in [-0.05, 0) is 6.42 Å². The van der Waals surface area contributed by atoms with Crippen molar-refractivity contribution in [1.29, 1.82) is 0 Å². The first-order chi connectivity index (χ1) is 7.08. The van der Waals surface area contributed by atoms with Crippen LogP contribution in [-0.4, -0.2) is 29.1 Å². The van der Waals surface area contributed by atoms with Crippen LogP contribution < -0.4 is 0 Å². The lowest BCUT2D eigenvalue weighted by atomic mass is 10.3. The second-order valence-electron chi connectivity index (χ2n) is 2.80. The minimum Gasteiger partial charge on any atom is -0.481 e. The first-order valence-electron chi connectivity index (χ1n) is 4.37. The highest BCUT2D eigenvalue weighted by molar-refractivity contribution is 7.13. The highest BCUT2D eigenvalue weighted by Gasteiger charge is 2.19. The number of aryl methyl sites for hydroxylation is 1. The van der Waals surface area contributed by atoms with Crippen LogP contribution in [0.4, 0.5) is 0 Å². The quantitative estimate of drug-likeness (QED) is 0.783. The van der Waals surface area contributed by atoms with Gasteiger partial charge in [-0.3, -0.25) is 4.79 Å². The predicted octanol–water partition coefficient (Wildman–Crippen LogP) is 1.12. The molecule has 0 unspecified atom stereocenters. The van der Waals surface area contributed by atoms with E-state index in [1.54, 1.807) is 0 Å². The normalized spacial score (nSPS) is 10.0. The second-order valence-corrected chi connectivity index (χ2v) is 3.88. The lowest BCUT2D eigenvalue weighted by molar-refractivity contribution is -0.136. The molecule has 0 aliphatic carbocycles. The summed E-state index contributed by atoms with van der Waals surface area (Å²) >= 11 is 1.19. The van der Waals surface area contributed by atoms with E-state index in [-0.39, 0.29) is 17.0 Å². The van der Waals surface area contributed by atoms with E-state index in [9.17, 15) is 9.59 Å². The number of nitrogens with zero attached hydrogens (tertiary/aromatic N) is 1. The van der Waals surface area contributed by atoms with Crippen LogP contribution in [0.3, 0.4) is 0 Å². The Balaban J connectivity index is 3.05. The summed E-state index contributed by atoms with van der Waals surface area (Å²) in [6.45, 7) is 1.89. The Hall–Kier alpha value is -1.43. The molecule has 1 aromatic rings.